The molecule has 4 rings (SSSR count). The third kappa shape index (κ3) is 4.92. The lowest BCUT2D eigenvalue weighted by atomic mass is 9.86. The molecule has 0 unspecified atom stereocenters. The van der Waals surface area contributed by atoms with Crippen LogP contribution in [0, 0.1) is 0 Å². The van der Waals surface area contributed by atoms with E-state index in [1.54, 1.807) is 0 Å². The Kier molecular flexibility index (Phi) is 7.65. The van der Waals surface area contributed by atoms with E-state index in [2.05, 4.69) is 79.3 Å². The molecule has 1 aromatic heterocycles. The normalized spacial score (nSPS) is 15.7. The van der Waals surface area contributed by atoms with Gasteiger partial charge in [0.25, 0.3) is 0 Å². The minimum absolute atomic E-state index is 0.441. The Balaban J connectivity index is 1.56. The Morgan fingerprint density at radius 2 is 1.66 bits per heavy atom. The Hall–Kier alpha value is -2.16. The number of nitrogens with zero attached hydrogens (tertiary/aromatic N) is 2. The third-order valence-corrected chi connectivity index (χ3v) is 7.48. The van der Waals surface area contributed by atoms with Gasteiger partial charge in [0.2, 0.25) is 0 Å². The van der Waals surface area contributed by atoms with E-state index in [1.165, 1.54) is 58.2 Å². The molecule has 0 fully saturated rings. The Labute approximate surface area is 198 Å². The van der Waals surface area contributed by atoms with Gasteiger partial charge in [0.15, 0.2) is 0 Å². The summed E-state index contributed by atoms with van der Waals surface area (Å²) in [6, 6.07) is 18.3. The first-order chi connectivity index (χ1) is 15.6. The SMILES string of the molecule is CCc1cccc(CC)c1CCc1ccnc(Cl)c1CN(C)[C@@H]1CCCc2ccccc21. The summed E-state index contributed by atoms with van der Waals surface area (Å²) in [5, 5.41) is 0.651. The van der Waals surface area contributed by atoms with Crippen molar-refractivity contribution in [3.63, 3.8) is 0 Å². The molecule has 0 N–H and O–H groups in total. The van der Waals surface area contributed by atoms with Crippen LogP contribution in [0.5, 0.6) is 0 Å². The molecule has 0 spiro atoms. The van der Waals surface area contributed by atoms with Crippen LogP contribution in [0.25, 0.3) is 0 Å². The van der Waals surface area contributed by atoms with Gasteiger partial charge in [-0.2, -0.15) is 0 Å². The van der Waals surface area contributed by atoms with E-state index in [0.29, 0.717) is 11.2 Å². The molecule has 1 aliphatic rings. The van der Waals surface area contributed by atoms with Crippen molar-refractivity contribution in [2.45, 2.75) is 71.4 Å². The van der Waals surface area contributed by atoms with Crippen molar-refractivity contribution in [2.75, 3.05) is 7.05 Å². The highest BCUT2D eigenvalue weighted by Crippen LogP contribution is 2.35. The second-order valence-electron chi connectivity index (χ2n) is 9.02. The number of hydrogen-bond donors (Lipinski definition) is 0. The summed E-state index contributed by atoms with van der Waals surface area (Å²) in [5.74, 6) is 0. The first-order valence-corrected chi connectivity index (χ1v) is 12.5. The summed E-state index contributed by atoms with van der Waals surface area (Å²) in [6.45, 7) is 5.34. The average molecular weight is 447 g/mol. The second kappa shape index (κ2) is 10.6. The lowest BCUT2D eigenvalue weighted by Gasteiger charge is -2.34. The van der Waals surface area contributed by atoms with Gasteiger partial charge in [-0.15, -0.1) is 0 Å². The number of benzene rings is 2. The molecule has 1 aliphatic carbocycles. The van der Waals surface area contributed by atoms with Crippen molar-refractivity contribution < 1.29 is 0 Å². The zero-order chi connectivity index (χ0) is 22.5. The summed E-state index contributed by atoms with van der Waals surface area (Å²) < 4.78 is 0. The van der Waals surface area contributed by atoms with E-state index in [1.807, 2.05) is 6.20 Å². The summed E-state index contributed by atoms with van der Waals surface area (Å²) in [5.41, 5.74) is 9.96. The monoisotopic (exact) mass is 446 g/mol. The Morgan fingerprint density at radius 3 is 2.41 bits per heavy atom. The van der Waals surface area contributed by atoms with Crippen LogP contribution >= 0.6 is 11.6 Å². The van der Waals surface area contributed by atoms with Crippen LogP contribution in [0.2, 0.25) is 5.15 Å². The van der Waals surface area contributed by atoms with E-state index in [0.717, 1.165) is 32.2 Å². The molecule has 32 heavy (non-hydrogen) atoms. The van der Waals surface area contributed by atoms with Gasteiger partial charge >= 0.3 is 0 Å². The van der Waals surface area contributed by atoms with Gasteiger partial charge in [0.05, 0.1) is 0 Å². The molecule has 2 nitrogen and oxygen atoms in total. The van der Waals surface area contributed by atoms with Gasteiger partial charge in [-0.1, -0.05) is 67.9 Å². The molecule has 0 saturated carbocycles. The molecule has 0 aliphatic heterocycles. The molecule has 2 aromatic carbocycles. The molecular formula is C29H35ClN2. The van der Waals surface area contributed by atoms with Crippen molar-refractivity contribution in [2.24, 2.45) is 0 Å². The fourth-order valence-corrected chi connectivity index (χ4v) is 5.62. The van der Waals surface area contributed by atoms with E-state index < -0.39 is 0 Å². The highest BCUT2D eigenvalue weighted by molar-refractivity contribution is 6.30. The van der Waals surface area contributed by atoms with E-state index >= 15 is 0 Å². The summed E-state index contributed by atoms with van der Waals surface area (Å²) in [4.78, 5) is 6.92. The topological polar surface area (TPSA) is 16.1 Å². The van der Waals surface area contributed by atoms with Crippen LogP contribution < -0.4 is 0 Å². The number of aromatic nitrogens is 1. The molecule has 168 valence electrons. The van der Waals surface area contributed by atoms with Gasteiger partial charge < -0.3 is 0 Å². The average Bonchev–Trinajstić information content (AvgIpc) is 2.83. The maximum absolute atomic E-state index is 6.67. The third-order valence-electron chi connectivity index (χ3n) is 7.15. The maximum Gasteiger partial charge on any atom is 0.133 e. The molecule has 0 bridgehead atoms. The number of halogens is 1. The number of hydrogen-bond acceptors (Lipinski definition) is 2. The zero-order valence-electron chi connectivity index (χ0n) is 19.7. The molecule has 1 atom stereocenters. The quantitative estimate of drug-likeness (QED) is 0.341. The van der Waals surface area contributed by atoms with Crippen molar-refractivity contribution >= 4 is 11.6 Å². The van der Waals surface area contributed by atoms with Gasteiger partial charge in [0.1, 0.15) is 5.15 Å². The number of rotatable bonds is 8. The first-order valence-electron chi connectivity index (χ1n) is 12.1. The van der Waals surface area contributed by atoms with E-state index in [4.69, 9.17) is 11.6 Å². The van der Waals surface area contributed by atoms with Crippen LogP contribution in [-0.2, 0) is 38.6 Å². The van der Waals surface area contributed by atoms with E-state index in [9.17, 15) is 0 Å². The first kappa shape index (κ1) is 23.0. The number of aryl methyl sites for hydroxylation is 4. The Morgan fingerprint density at radius 1 is 0.906 bits per heavy atom. The summed E-state index contributed by atoms with van der Waals surface area (Å²) in [6.07, 6.45) is 9.71. The highest BCUT2D eigenvalue weighted by Gasteiger charge is 2.24. The zero-order valence-corrected chi connectivity index (χ0v) is 20.5. The van der Waals surface area contributed by atoms with Crippen molar-refractivity contribution in [3.8, 4) is 0 Å². The predicted molar refractivity (Wildman–Crippen MR) is 135 cm³/mol. The van der Waals surface area contributed by atoms with Crippen LogP contribution in [0.4, 0.5) is 0 Å². The Bertz CT molecular complexity index is 1040. The molecule has 0 amide bonds. The highest BCUT2D eigenvalue weighted by atomic mass is 35.5. The lowest BCUT2D eigenvalue weighted by molar-refractivity contribution is 0.212. The number of fused-ring (bicyclic) bond motifs is 1. The van der Waals surface area contributed by atoms with Crippen LogP contribution in [0.3, 0.4) is 0 Å². The standard InChI is InChI=1S/C29H35ClN2/c1-4-21-11-8-12-22(5-2)25(21)17-16-24-18-19-31-29(30)27(24)20-32(3)28-15-9-13-23-10-6-7-14-26(23)28/h6-8,10-12,14,18-19,28H,4-5,9,13,15-17,20H2,1-3H3/t28-/m1/s1. The second-order valence-corrected chi connectivity index (χ2v) is 9.38. The van der Waals surface area contributed by atoms with Gasteiger partial charge in [-0.05, 0) is 91.4 Å². The fourth-order valence-electron chi connectivity index (χ4n) is 5.38. The minimum atomic E-state index is 0.441. The van der Waals surface area contributed by atoms with Crippen molar-refractivity contribution in [1.82, 2.24) is 9.88 Å². The van der Waals surface area contributed by atoms with Crippen molar-refractivity contribution in [3.05, 3.63) is 98.8 Å². The molecule has 0 radical (unpaired) electrons. The van der Waals surface area contributed by atoms with Crippen molar-refractivity contribution in [1.29, 1.82) is 0 Å². The lowest BCUT2D eigenvalue weighted by Crippen LogP contribution is -2.28. The smallest absolute Gasteiger partial charge is 0.133 e. The minimum Gasteiger partial charge on any atom is -0.295 e. The molecule has 3 aromatic rings. The number of pyridine rings is 1. The predicted octanol–water partition coefficient (Wildman–Crippen LogP) is 7.15. The van der Waals surface area contributed by atoms with Crippen LogP contribution in [0.1, 0.15) is 71.7 Å². The van der Waals surface area contributed by atoms with Gasteiger partial charge in [-0.3, -0.25) is 4.90 Å². The molecule has 0 saturated heterocycles. The maximum atomic E-state index is 6.67. The summed E-state index contributed by atoms with van der Waals surface area (Å²) >= 11 is 6.67. The molecular weight excluding hydrogens is 412 g/mol. The van der Waals surface area contributed by atoms with Crippen LogP contribution in [-0.4, -0.2) is 16.9 Å². The largest absolute Gasteiger partial charge is 0.295 e. The van der Waals surface area contributed by atoms with E-state index in [-0.39, 0.29) is 0 Å². The van der Waals surface area contributed by atoms with Gasteiger partial charge in [-0.25, -0.2) is 4.98 Å². The molecule has 1 heterocycles. The van der Waals surface area contributed by atoms with Crippen LogP contribution in [0.15, 0.2) is 54.7 Å². The summed E-state index contributed by atoms with van der Waals surface area (Å²) in [7, 11) is 2.24. The van der Waals surface area contributed by atoms with Gasteiger partial charge in [0, 0.05) is 24.3 Å². The fraction of sp³-hybridized carbons (Fsp3) is 0.414. The molecule has 3 heteroatoms.